The summed E-state index contributed by atoms with van der Waals surface area (Å²) in [6, 6.07) is 7.39. The molecule has 1 atom stereocenters. The Labute approximate surface area is 99.9 Å². The summed E-state index contributed by atoms with van der Waals surface area (Å²) in [6.45, 7) is 1.98. The molecule has 1 heterocycles. The highest BCUT2D eigenvalue weighted by atomic mass is 16.4. The van der Waals surface area contributed by atoms with Gasteiger partial charge in [-0.3, -0.25) is 9.59 Å². The number of benzene rings is 1. The smallest absolute Gasteiger partial charge is 0.305 e. The Morgan fingerprint density at radius 3 is 2.65 bits per heavy atom. The Balaban J connectivity index is 2.24. The third kappa shape index (κ3) is 2.46. The normalized spacial score (nSPS) is 19.7. The molecule has 0 aliphatic carbocycles. The highest BCUT2D eigenvalue weighted by Gasteiger charge is 2.33. The maximum atomic E-state index is 11.8. The Morgan fingerprint density at radius 1 is 1.41 bits per heavy atom. The van der Waals surface area contributed by atoms with E-state index in [9.17, 15) is 9.59 Å². The van der Waals surface area contributed by atoms with Crippen molar-refractivity contribution in [1.29, 1.82) is 0 Å². The number of hydrogen-bond donors (Lipinski definition) is 1. The number of rotatable bonds is 3. The van der Waals surface area contributed by atoms with Gasteiger partial charge in [0.05, 0.1) is 6.42 Å². The molecule has 0 aromatic heterocycles. The van der Waals surface area contributed by atoms with Crippen molar-refractivity contribution in [3.05, 3.63) is 29.8 Å². The molecule has 1 saturated heterocycles. The van der Waals surface area contributed by atoms with Crippen LogP contribution in [0.3, 0.4) is 0 Å². The molecular formula is C13H15NO3. The molecule has 0 bridgehead atoms. The van der Waals surface area contributed by atoms with Crippen molar-refractivity contribution in [3.8, 4) is 0 Å². The first-order chi connectivity index (χ1) is 8.08. The second kappa shape index (κ2) is 4.57. The van der Waals surface area contributed by atoms with Crippen LogP contribution in [-0.2, 0) is 9.59 Å². The molecule has 1 aromatic carbocycles. The Kier molecular flexibility index (Phi) is 3.13. The molecule has 0 saturated carbocycles. The Bertz CT molecular complexity index is 438. The fraction of sp³-hybridized carbons (Fsp3) is 0.385. The van der Waals surface area contributed by atoms with Gasteiger partial charge in [-0.1, -0.05) is 17.7 Å². The van der Waals surface area contributed by atoms with Gasteiger partial charge >= 0.3 is 5.97 Å². The highest BCUT2D eigenvalue weighted by molar-refractivity contribution is 5.96. The SMILES string of the molecule is Cc1ccc(N2C(=O)CCC2CC(=O)O)cc1. The Morgan fingerprint density at radius 2 is 2.06 bits per heavy atom. The van der Waals surface area contributed by atoms with Crippen molar-refractivity contribution in [2.45, 2.75) is 32.2 Å². The molecule has 90 valence electrons. The van der Waals surface area contributed by atoms with Gasteiger partial charge in [0, 0.05) is 18.2 Å². The average Bonchev–Trinajstić information content (AvgIpc) is 2.61. The van der Waals surface area contributed by atoms with E-state index >= 15 is 0 Å². The lowest BCUT2D eigenvalue weighted by atomic mass is 10.1. The first-order valence-electron chi connectivity index (χ1n) is 5.68. The summed E-state index contributed by atoms with van der Waals surface area (Å²) in [5, 5.41) is 8.83. The van der Waals surface area contributed by atoms with E-state index in [1.807, 2.05) is 31.2 Å². The van der Waals surface area contributed by atoms with E-state index in [1.54, 1.807) is 4.90 Å². The minimum absolute atomic E-state index is 0.0135. The summed E-state index contributed by atoms with van der Waals surface area (Å²) in [6.07, 6.45) is 1.07. The highest BCUT2D eigenvalue weighted by Crippen LogP contribution is 2.28. The molecule has 0 spiro atoms. The maximum absolute atomic E-state index is 11.8. The zero-order valence-corrected chi connectivity index (χ0v) is 9.72. The van der Waals surface area contributed by atoms with E-state index in [2.05, 4.69) is 0 Å². The van der Waals surface area contributed by atoms with Gasteiger partial charge in [-0.05, 0) is 25.5 Å². The van der Waals surface area contributed by atoms with E-state index < -0.39 is 5.97 Å². The molecule has 1 amide bonds. The van der Waals surface area contributed by atoms with Crippen molar-refractivity contribution in [3.63, 3.8) is 0 Å². The first-order valence-corrected chi connectivity index (χ1v) is 5.68. The van der Waals surface area contributed by atoms with Gasteiger partial charge < -0.3 is 10.0 Å². The van der Waals surface area contributed by atoms with Gasteiger partial charge in [-0.2, -0.15) is 0 Å². The minimum Gasteiger partial charge on any atom is -0.481 e. The van der Waals surface area contributed by atoms with Crippen LogP contribution in [0.25, 0.3) is 0 Å². The molecule has 17 heavy (non-hydrogen) atoms. The third-order valence-electron chi connectivity index (χ3n) is 3.05. The van der Waals surface area contributed by atoms with Crippen LogP contribution >= 0.6 is 0 Å². The number of aliphatic carboxylic acids is 1. The standard InChI is InChI=1S/C13H15NO3/c1-9-2-4-10(5-3-9)14-11(8-13(16)17)6-7-12(14)15/h2-5,11H,6-8H2,1H3,(H,16,17). The van der Waals surface area contributed by atoms with Crippen LogP contribution in [0.4, 0.5) is 5.69 Å². The van der Waals surface area contributed by atoms with Gasteiger partial charge in [-0.15, -0.1) is 0 Å². The maximum Gasteiger partial charge on any atom is 0.305 e. The lowest BCUT2D eigenvalue weighted by Gasteiger charge is -2.23. The van der Waals surface area contributed by atoms with Crippen molar-refractivity contribution < 1.29 is 14.7 Å². The molecule has 1 fully saturated rings. The van der Waals surface area contributed by atoms with Crippen molar-refractivity contribution in [2.75, 3.05) is 4.90 Å². The number of aryl methyl sites for hydroxylation is 1. The second-order valence-electron chi connectivity index (χ2n) is 4.39. The van der Waals surface area contributed by atoms with Crippen LogP contribution < -0.4 is 4.90 Å². The van der Waals surface area contributed by atoms with Crippen molar-refractivity contribution in [1.82, 2.24) is 0 Å². The topological polar surface area (TPSA) is 57.6 Å². The summed E-state index contributed by atoms with van der Waals surface area (Å²) in [7, 11) is 0. The molecule has 1 aliphatic rings. The lowest BCUT2D eigenvalue weighted by molar-refractivity contribution is -0.137. The van der Waals surface area contributed by atoms with Gasteiger partial charge in [0.2, 0.25) is 5.91 Å². The molecule has 4 heteroatoms. The minimum atomic E-state index is -0.859. The molecular weight excluding hydrogens is 218 g/mol. The number of anilines is 1. The van der Waals surface area contributed by atoms with E-state index in [0.29, 0.717) is 12.8 Å². The van der Waals surface area contributed by atoms with Crippen molar-refractivity contribution >= 4 is 17.6 Å². The molecule has 2 rings (SSSR count). The quantitative estimate of drug-likeness (QED) is 0.868. The third-order valence-corrected chi connectivity index (χ3v) is 3.05. The predicted octanol–water partition coefficient (Wildman–Crippen LogP) is 1.97. The van der Waals surface area contributed by atoms with Crippen LogP contribution in [0.1, 0.15) is 24.8 Å². The second-order valence-corrected chi connectivity index (χ2v) is 4.39. The fourth-order valence-electron chi connectivity index (χ4n) is 2.20. The lowest BCUT2D eigenvalue weighted by Crippen LogP contribution is -2.34. The van der Waals surface area contributed by atoms with Crippen LogP contribution in [0.5, 0.6) is 0 Å². The summed E-state index contributed by atoms with van der Waals surface area (Å²) in [5.74, 6) is -0.845. The molecule has 1 aliphatic heterocycles. The van der Waals surface area contributed by atoms with Gasteiger partial charge in [-0.25, -0.2) is 0 Å². The molecule has 1 unspecified atom stereocenters. The summed E-state index contributed by atoms with van der Waals surface area (Å²) in [5.41, 5.74) is 1.92. The average molecular weight is 233 g/mol. The van der Waals surface area contributed by atoms with E-state index in [4.69, 9.17) is 5.11 Å². The van der Waals surface area contributed by atoms with Gasteiger partial charge in [0.1, 0.15) is 0 Å². The first kappa shape index (κ1) is 11.6. The van der Waals surface area contributed by atoms with Crippen molar-refractivity contribution in [2.24, 2.45) is 0 Å². The van der Waals surface area contributed by atoms with E-state index in [0.717, 1.165) is 11.3 Å². The number of nitrogens with zero attached hydrogens (tertiary/aromatic N) is 1. The molecule has 1 aromatic rings. The zero-order valence-electron chi connectivity index (χ0n) is 9.72. The number of carboxylic acids is 1. The zero-order chi connectivity index (χ0) is 12.4. The number of carbonyl (C=O) groups is 2. The molecule has 4 nitrogen and oxygen atoms in total. The predicted molar refractivity (Wildman–Crippen MR) is 63.9 cm³/mol. The number of carboxylic acid groups (broad SMARTS) is 1. The van der Waals surface area contributed by atoms with E-state index in [-0.39, 0.29) is 18.4 Å². The summed E-state index contributed by atoms with van der Waals surface area (Å²) >= 11 is 0. The van der Waals surface area contributed by atoms with Crippen LogP contribution in [0.15, 0.2) is 24.3 Å². The molecule has 1 N–H and O–H groups in total. The van der Waals surface area contributed by atoms with Gasteiger partial charge in [0.25, 0.3) is 0 Å². The van der Waals surface area contributed by atoms with Crippen LogP contribution in [0.2, 0.25) is 0 Å². The summed E-state index contributed by atoms with van der Waals surface area (Å²) in [4.78, 5) is 24.2. The molecule has 0 radical (unpaired) electrons. The fourth-order valence-corrected chi connectivity index (χ4v) is 2.20. The van der Waals surface area contributed by atoms with Crippen LogP contribution in [-0.4, -0.2) is 23.0 Å². The van der Waals surface area contributed by atoms with E-state index in [1.165, 1.54) is 0 Å². The van der Waals surface area contributed by atoms with Gasteiger partial charge in [0.15, 0.2) is 0 Å². The number of hydrogen-bond acceptors (Lipinski definition) is 2. The Hall–Kier alpha value is -1.84. The largest absolute Gasteiger partial charge is 0.481 e. The monoisotopic (exact) mass is 233 g/mol. The van der Waals surface area contributed by atoms with Crippen LogP contribution in [0, 0.1) is 6.92 Å². The number of amides is 1. The number of carbonyl (C=O) groups excluding carboxylic acids is 1. The summed E-state index contributed by atoms with van der Waals surface area (Å²) < 4.78 is 0.